The van der Waals surface area contributed by atoms with Gasteiger partial charge in [0, 0.05) is 19.6 Å². The molecule has 3 heteroatoms. The Morgan fingerprint density at radius 1 is 0.955 bits per heavy atom. The fraction of sp³-hybridized carbons (Fsp3) is 0.316. The molecule has 1 aliphatic heterocycles. The van der Waals surface area contributed by atoms with E-state index in [-0.39, 0.29) is 11.9 Å². The highest BCUT2D eigenvalue weighted by molar-refractivity contribution is 5.83. The van der Waals surface area contributed by atoms with Gasteiger partial charge >= 0.3 is 0 Å². The number of carbonyl (C=O) groups is 1. The predicted molar refractivity (Wildman–Crippen MR) is 88.7 cm³/mol. The molecular formula is C19H22N2O. The summed E-state index contributed by atoms with van der Waals surface area (Å²) < 4.78 is 0. The van der Waals surface area contributed by atoms with Gasteiger partial charge in [0.15, 0.2) is 0 Å². The molecule has 2 aromatic rings. The largest absolute Gasteiger partial charge is 0.340 e. The van der Waals surface area contributed by atoms with Crippen molar-refractivity contribution in [2.45, 2.75) is 18.9 Å². The summed E-state index contributed by atoms with van der Waals surface area (Å²) in [6.07, 6.45) is 1.69. The van der Waals surface area contributed by atoms with Crippen LogP contribution in [0.15, 0.2) is 60.7 Å². The van der Waals surface area contributed by atoms with Crippen molar-refractivity contribution < 1.29 is 4.79 Å². The van der Waals surface area contributed by atoms with Gasteiger partial charge in [-0.25, -0.2) is 0 Å². The van der Waals surface area contributed by atoms with Crippen molar-refractivity contribution in [3.8, 4) is 0 Å². The molecule has 1 heterocycles. The molecule has 0 aromatic heterocycles. The Labute approximate surface area is 132 Å². The normalized spacial score (nSPS) is 18.5. The van der Waals surface area contributed by atoms with E-state index in [1.165, 1.54) is 11.1 Å². The van der Waals surface area contributed by atoms with Gasteiger partial charge < -0.3 is 10.2 Å². The number of nitrogens with one attached hydrogen (secondary N) is 1. The van der Waals surface area contributed by atoms with Gasteiger partial charge in [0.05, 0.1) is 6.04 Å². The molecule has 114 valence electrons. The minimum atomic E-state index is -0.0908. The highest BCUT2D eigenvalue weighted by Gasteiger charge is 2.27. The molecular weight excluding hydrogens is 272 g/mol. The smallest absolute Gasteiger partial charge is 0.240 e. The number of carbonyl (C=O) groups excluding carboxylic acids is 1. The van der Waals surface area contributed by atoms with Crippen molar-refractivity contribution in [2.75, 3.05) is 19.6 Å². The third-order valence-electron chi connectivity index (χ3n) is 4.18. The van der Waals surface area contributed by atoms with E-state index in [1.54, 1.807) is 0 Å². The lowest BCUT2D eigenvalue weighted by atomic mass is 10.0. The number of benzene rings is 2. The summed E-state index contributed by atoms with van der Waals surface area (Å²) in [5, 5.41) is 3.35. The van der Waals surface area contributed by atoms with Gasteiger partial charge in [0.25, 0.3) is 0 Å². The van der Waals surface area contributed by atoms with E-state index in [9.17, 15) is 4.79 Å². The lowest BCUT2D eigenvalue weighted by molar-refractivity contribution is -0.135. The SMILES string of the molecule is O=C1C(Cc2ccccc2)NCCN1CCc1ccccc1. The van der Waals surface area contributed by atoms with Crippen molar-refractivity contribution in [2.24, 2.45) is 0 Å². The van der Waals surface area contributed by atoms with Gasteiger partial charge in [-0.3, -0.25) is 4.79 Å². The van der Waals surface area contributed by atoms with E-state index >= 15 is 0 Å². The summed E-state index contributed by atoms with van der Waals surface area (Å²) in [6, 6.07) is 20.5. The number of piperazine rings is 1. The van der Waals surface area contributed by atoms with E-state index in [4.69, 9.17) is 0 Å². The second kappa shape index (κ2) is 7.23. The average molecular weight is 294 g/mol. The van der Waals surface area contributed by atoms with Crippen molar-refractivity contribution in [3.05, 3.63) is 71.8 Å². The lowest BCUT2D eigenvalue weighted by Gasteiger charge is -2.33. The van der Waals surface area contributed by atoms with Crippen LogP contribution >= 0.6 is 0 Å². The molecule has 0 radical (unpaired) electrons. The molecule has 3 rings (SSSR count). The van der Waals surface area contributed by atoms with Crippen LogP contribution in [0.25, 0.3) is 0 Å². The molecule has 1 atom stereocenters. The molecule has 0 saturated carbocycles. The van der Waals surface area contributed by atoms with Gasteiger partial charge in [-0.15, -0.1) is 0 Å². The first-order valence-electron chi connectivity index (χ1n) is 7.93. The fourth-order valence-corrected chi connectivity index (χ4v) is 2.93. The maximum Gasteiger partial charge on any atom is 0.240 e. The molecule has 1 amide bonds. The van der Waals surface area contributed by atoms with Crippen LogP contribution in [0.4, 0.5) is 0 Å². The molecule has 0 spiro atoms. The predicted octanol–water partition coefficient (Wildman–Crippen LogP) is 2.27. The third kappa shape index (κ3) is 3.74. The zero-order valence-electron chi connectivity index (χ0n) is 12.7. The topological polar surface area (TPSA) is 32.3 Å². The van der Waals surface area contributed by atoms with Crippen molar-refractivity contribution in [1.82, 2.24) is 10.2 Å². The van der Waals surface area contributed by atoms with E-state index in [0.717, 1.165) is 32.5 Å². The van der Waals surface area contributed by atoms with Crippen molar-refractivity contribution in [3.63, 3.8) is 0 Å². The first-order valence-corrected chi connectivity index (χ1v) is 7.93. The quantitative estimate of drug-likeness (QED) is 0.917. The summed E-state index contributed by atoms with van der Waals surface area (Å²) in [4.78, 5) is 14.6. The van der Waals surface area contributed by atoms with Crippen molar-refractivity contribution >= 4 is 5.91 Å². The summed E-state index contributed by atoms with van der Waals surface area (Å²) >= 11 is 0. The minimum Gasteiger partial charge on any atom is -0.340 e. The van der Waals surface area contributed by atoms with Crippen LogP contribution in [0, 0.1) is 0 Å². The minimum absolute atomic E-state index is 0.0908. The molecule has 1 aliphatic rings. The summed E-state index contributed by atoms with van der Waals surface area (Å²) in [7, 11) is 0. The highest BCUT2D eigenvalue weighted by atomic mass is 16.2. The standard InChI is InChI=1S/C19H22N2O/c22-19-18(15-17-9-5-2-6-10-17)20-12-14-21(19)13-11-16-7-3-1-4-8-16/h1-10,18,20H,11-15H2. The Morgan fingerprint density at radius 2 is 1.59 bits per heavy atom. The van der Waals surface area contributed by atoms with Crippen LogP contribution in [0.5, 0.6) is 0 Å². The zero-order chi connectivity index (χ0) is 15.2. The van der Waals surface area contributed by atoms with Gasteiger partial charge in [0.1, 0.15) is 0 Å². The Kier molecular flexibility index (Phi) is 4.86. The molecule has 1 saturated heterocycles. The number of rotatable bonds is 5. The molecule has 1 N–H and O–H groups in total. The summed E-state index contributed by atoms with van der Waals surface area (Å²) in [5.41, 5.74) is 2.49. The van der Waals surface area contributed by atoms with Crippen molar-refractivity contribution in [1.29, 1.82) is 0 Å². The maximum atomic E-state index is 12.6. The number of amides is 1. The molecule has 0 aliphatic carbocycles. The Balaban J connectivity index is 1.58. The Hall–Kier alpha value is -2.13. The average Bonchev–Trinajstić information content (AvgIpc) is 2.58. The van der Waals surface area contributed by atoms with Crippen LogP contribution in [0.2, 0.25) is 0 Å². The number of hydrogen-bond donors (Lipinski definition) is 1. The van der Waals surface area contributed by atoms with Gasteiger partial charge in [-0.05, 0) is 24.0 Å². The second-order valence-corrected chi connectivity index (χ2v) is 5.76. The molecule has 3 nitrogen and oxygen atoms in total. The fourth-order valence-electron chi connectivity index (χ4n) is 2.93. The second-order valence-electron chi connectivity index (χ2n) is 5.76. The van der Waals surface area contributed by atoms with Crippen LogP contribution < -0.4 is 5.32 Å². The molecule has 1 fully saturated rings. The van der Waals surface area contributed by atoms with E-state index in [2.05, 4.69) is 29.6 Å². The molecule has 22 heavy (non-hydrogen) atoms. The van der Waals surface area contributed by atoms with Gasteiger partial charge in [-0.1, -0.05) is 60.7 Å². The lowest BCUT2D eigenvalue weighted by Crippen LogP contribution is -2.56. The summed E-state index contributed by atoms with van der Waals surface area (Å²) in [5.74, 6) is 0.228. The molecule has 0 bridgehead atoms. The summed E-state index contributed by atoms with van der Waals surface area (Å²) in [6.45, 7) is 2.48. The van der Waals surface area contributed by atoms with E-state index < -0.39 is 0 Å². The Bertz CT molecular complexity index is 597. The van der Waals surface area contributed by atoms with Crippen LogP contribution in [-0.2, 0) is 17.6 Å². The molecule has 2 aromatic carbocycles. The maximum absolute atomic E-state index is 12.6. The van der Waals surface area contributed by atoms with E-state index in [1.807, 2.05) is 41.3 Å². The first-order chi connectivity index (χ1) is 10.8. The first kappa shape index (κ1) is 14.8. The van der Waals surface area contributed by atoms with Crippen LogP contribution in [0.3, 0.4) is 0 Å². The number of hydrogen-bond acceptors (Lipinski definition) is 2. The monoisotopic (exact) mass is 294 g/mol. The number of nitrogens with zero attached hydrogens (tertiary/aromatic N) is 1. The highest BCUT2D eigenvalue weighted by Crippen LogP contribution is 2.10. The van der Waals surface area contributed by atoms with Crippen LogP contribution in [-0.4, -0.2) is 36.5 Å². The molecule has 1 unspecified atom stereocenters. The van der Waals surface area contributed by atoms with E-state index in [0.29, 0.717) is 0 Å². The van der Waals surface area contributed by atoms with Gasteiger partial charge in [-0.2, -0.15) is 0 Å². The van der Waals surface area contributed by atoms with Crippen LogP contribution in [0.1, 0.15) is 11.1 Å². The third-order valence-corrected chi connectivity index (χ3v) is 4.18. The zero-order valence-corrected chi connectivity index (χ0v) is 12.7. The Morgan fingerprint density at radius 3 is 2.27 bits per heavy atom. The van der Waals surface area contributed by atoms with Gasteiger partial charge in [0.2, 0.25) is 5.91 Å².